The molecule has 0 aliphatic carbocycles. The number of likely N-dealkylation sites (tertiary alicyclic amines) is 1. The minimum Gasteiger partial charge on any atom is -0.459 e. The van der Waals surface area contributed by atoms with Crippen molar-refractivity contribution in [3.8, 4) is 0 Å². The van der Waals surface area contributed by atoms with E-state index in [0.717, 1.165) is 47.2 Å². The van der Waals surface area contributed by atoms with Crippen LogP contribution >= 0.6 is 15.9 Å². The summed E-state index contributed by atoms with van der Waals surface area (Å²) in [6.07, 6.45) is 3.27. The Kier molecular flexibility index (Phi) is 5.75. The molecule has 0 amide bonds. The number of rotatable bonds is 4. The number of aliphatic hydroxyl groups is 1. The van der Waals surface area contributed by atoms with Crippen LogP contribution in [-0.4, -0.2) is 45.7 Å². The normalized spacial score (nSPS) is 17.8. The second-order valence-corrected chi connectivity index (χ2v) is 8.33. The summed E-state index contributed by atoms with van der Waals surface area (Å²) in [4.78, 5) is 15.0. The number of aromatic nitrogens is 1. The molecule has 142 valence electrons. The summed E-state index contributed by atoms with van der Waals surface area (Å²) in [7, 11) is 0. The van der Waals surface area contributed by atoms with E-state index in [-0.39, 0.29) is 24.2 Å². The topological polar surface area (TPSA) is 54.2 Å². The van der Waals surface area contributed by atoms with Crippen LogP contribution in [0.1, 0.15) is 61.3 Å². The zero-order valence-corrected chi connectivity index (χ0v) is 17.4. The van der Waals surface area contributed by atoms with Gasteiger partial charge in [-0.15, -0.1) is 0 Å². The van der Waals surface area contributed by atoms with E-state index in [4.69, 9.17) is 4.74 Å². The fourth-order valence-electron chi connectivity index (χ4n) is 3.79. The molecule has 5 nitrogen and oxygen atoms in total. The molecule has 1 saturated heterocycles. The van der Waals surface area contributed by atoms with Crippen molar-refractivity contribution < 1.29 is 14.6 Å². The molecule has 1 atom stereocenters. The van der Waals surface area contributed by atoms with Crippen LogP contribution in [0, 0.1) is 6.92 Å². The van der Waals surface area contributed by atoms with Gasteiger partial charge in [0.1, 0.15) is 0 Å². The average molecular weight is 423 g/mol. The van der Waals surface area contributed by atoms with Crippen LogP contribution in [0.2, 0.25) is 0 Å². The molecule has 0 radical (unpaired) electrons. The molecular weight excluding hydrogens is 396 g/mol. The van der Waals surface area contributed by atoms with Gasteiger partial charge in [-0.05, 0) is 74.2 Å². The summed E-state index contributed by atoms with van der Waals surface area (Å²) in [5.74, 6) is -0.278. The van der Waals surface area contributed by atoms with Gasteiger partial charge in [0.2, 0.25) is 0 Å². The van der Waals surface area contributed by atoms with E-state index < -0.39 is 0 Å². The lowest BCUT2D eigenvalue weighted by Gasteiger charge is -2.35. The highest BCUT2D eigenvalue weighted by Gasteiger charge is 2.27. The van der Waals surface area contributed by atoms with Gasteiger partial charge in [0.15, 0.2) is 0 Å². The predicted molar refractivity (Wildman–Crippen MR) is 106 cm³/mol. The number of hydrogen-bond donors (Lipinski definition) is 1. The molecule has 1 fully saturated rings. The van der Waals surface area contributed by atoms with Crippen LogP contribution in [0.15, 0.2) is 22.8 Å². The molecule has 0 spiro atoms. The van der Waals surface area contributed by atoms with Crippen molar-refractivity contribution >= 4 is 27.4 Å². The van der Waals surface area contributed by atoms with E-state index in [0.29, 0.717) is 5.56 Å². The van der Waals surface area contributed by atoms with Crippen LogP contribution < -0.4 is 0 Å². The van der Waals surface area contributed by atoms with E-state index in [1.807, 2.05) is 39.1 Å². The molecule has 1 N–H and O–H groups in total. The molecule has 0 saturated carbocycles. The monoisotopic (exact) mass is 422 g/mol. The van der Waals surface area contributed by atoms with Crippen LogP contribution in [0.3, 0.4) is 0 Å². The number of halogens is 1. The Morgan fingerprint density at radius 1 is 1.27 bits per heavy atom. The Balaban J connectivity index is 2.07. The first-order valence-corrected chi connectivity index (χ1v) is 10.0. The Labute approximate surface area is 163 Å². The Bertz CT molecular complexity index is 807. The molecule has 3 rings (SSSR count). The summed E-state index contributed by atoms with van der Waals surface area (Å²) < 4.78 is 8.59. The highest BCUT2D eigenvalue weighted by molar-refractivity contribution is 9.10. The standard InChI is InChI=1S/C20H27BrN2O3/c1-12(2)26-20(25)18-10-16-9-15(21)11-23(16)19(13(18)3)14(4)22-7-5-17(24)6-8-22/h9-12,14,17,24H,5-8H2,1-4H3. The Hall–Kier alpha value is -1.37. The number of carbonyl (C=O) groups is 1. The van der Waals surface area contributed by atoms with Crippen molar-refractivity contribution in [2.75, 3.05) is 13.1 Å². The van der Waals surface area contributed by atoms with Crippen molar-refractivity contribution in [3.05, 3.63) is 39.6 Å². The Morgan fingerprint density at radius 3 is 2.54 bits per heavy atom. The first-order valence-electron chi connectivity index (χ1n) is 9.22. The highest BCUT2D eigenvalue weighted by atomic mass is 79.9. The van der Waals surface area contributed by atoms with E-state index >= 15 is 0 Å². The lowest BCUT2D eigenvalue weighted by Crippen LogP contribution is -2.38. The minimum atomic E-state index is -0.278. The highest BCUT2D eigenvalue weighted by Crippen LogP contribution is 2.32. The van der Waals surface area contributed by atoms with Crippen molar-refractivity contribution in [2.24, 2.45) is 0 Å². The third-order valence-electron chi connectivity index (χ3n) is 5.16. The first-order chi connectivity index (χ1) is 12.3. The number of nitrogens with zero attached hydrogens (tertiary/aromatic N) is 2. The number of hydrogen-bond acceptors (Lipinski definition) is 4. The van der Waals surface area contributed by atoms with E-state index in [1.165, 1.54) is 0 Å². The summed E-state index contributed by atoms with van der Waals surface area (Å²) in [6, 6.07) is 4.05. The molecule has 26 heavy (non-hydrogen) atoms. The third-order valence-corrected chi connectivity index (χ3v) is 5.60. The van der Waals surface area contributed by atoms with Gasteiger partial charge in [-0.1, -0.05) is 0 Å². The van der Waals surface area contributed by atoms with Crippen LogP contribution in [0.4, 0.5) is 0 Å². The van der Waals surface area contributed by atoms with E-state index in [2.05, 4.69) is 32.2 Å². The van der Waals surface area contributed by atoms with Gasteiger partial charge in [0.25, 0.3) is 0 Å². The molecule has 0 bridgehead atoms. The molecule has 3 heterocycles. The summed E-state index contributed by atoms with van der Waals surface area (Å²) in [5.41, 5.74) is 3.64. The van der Waals surface area contributed by atoms with Crippen LogP contribution in [-0.2, 0) is 4.74 Å². The lowest BCUT2D eigenvalue weighted by molar-refractivity contribution is 0.0376. The number of pyridine rings is 1. The maximum absolute atomic E-state index is 12.6. The number of carbonyl (C=O) groups excluding carboxylic acids is 1. The quantitative estimate of drug-likeness (QED) is 0.753. The second-order valence-electron chi connectivity index (χ2n) is 7.42. The maximum atomic E-state index is 12.6. The van der Waals surface area contributed by atoms with Crippen LogP contribution in [0.5, 0.6) is 0 Å². The fraction of sp³-hybridized carbons (Fsp3) is 0.550. The lowest BCUT2D eigenvalue weighted by atomic mass is 9.99. The zero-order valence-electron chi connectivity index (χ0n) is 15.8. The van der Waals surface area contributed by atoms with E-state index in [9.17, 15) is 9.90 Å². The smallest absolute Gasteiger partial charge is 0.338 e. The molecule has 6 heteroatoms. The largest absolute Gasteiger partial charge is 0.459 e. The molecule has 1 aliphatic heterocycles. The number of fused-ring (bicyclic) bond motifs is 1. The molecular formula is C20H27BrN2O3. The van der Waals surface area contributed by atoms with Gasteiger partial charge in [0.05, 0.1) is 17.8 Å². The van der Waals surface area contributed by atoms with E-state index in [1.54, 1.807) is 0 Å². The number of aliphatic hydroxyl groups excluding tert-OH is 1. The Morgan fingerprint density at radius 2 is 1.92 bits per heavy atom. The molecule has 1 aliphatic rings. The van der Waals surface area contributed by atoms with Gasteiger partial charge in [-0.3, -0.25) is 4.90 Å². The van der Waals surface area contributed by atoms with Crippen molar-refractivity contribution in [3.63, 3.8) is 0 Å². The number of piperidine rings is 1. The number of ether oxygens (including phenoxy) is 1. The van der Waals surface area contributed by atoms with Gasteiger partial charge in [-0.25, -0.2) is 4.79 Å². The minimum absolute atomic E-state index is 0.135. The SMILES string of the molecule is Cc1c(C(=O)OC(C)C)cc2cc(Br)cn2c1C(C)N1CCC(O)CC1. The van der Waals surface area contributed by atoms with Crippen molar-refractivity contribution in [1.29, 1.82) is 0 Å². The van der Waals surface area contributed by atoms with Gasteiger partial charge >= 0.3 is 5.97 Å². The third kappa shape index (κ3) is 3.82. The predicted octanol–water partition coefficient (Wildman–Crippen LogP) is 4.09. The van der Waals surface area contributed by atoms with Crippen molar-refractivity contribution in [1.82, 2.24) is 9.30 Å². The fourth-order valence-corrected chi connectivity index (χ4v) is 4.23. The average Bonchev–Trinajstić information content (AvgIpc) is 2.93. The molecule has 0 aromatic carbocycles. The summed E-state index contributed by atoms with van der Waals surface area (Å²) in [5, 5.41) is 9.81. The zero-order chi connectivity index (χ0) is 19.0. The van der Waals surface area contributed by atoms with Gasteiger partial charge < -0.3 is 14.2 Å². The first kappa shape index (κ1) is 19.4. The van der Waals surface area contributed by atoms with Gasteiger partial charge in [-0.2, -0.15) is 0 Å². The number of esters is 1. The second kappa shape index (κ2) is 7.71. The van der Waals surface area contributed by atoms with Crippen molar-refractivity contribution in [2.45, 2.75) is 58.8 Å². The maximum Gasteiger partial charge on any atom is 0.338 e. The van der Waals surface area contributed by atoms with Gasteiger partial charge in [0, 0.05) is 41.0 Å². The summed E-state index contributed by atoms with van der Waals surface area (Å²) in [6.45, 7) is 9.60. The molecule has 2 aromatic rings. The van der Waals surface area contributed by atoms with Crippen LogP contribution in [0.25, 0.3) is 5.52 Å². The molecule has 1 unspecified atom stereocenters. The summed E-state index contributed by atoms with van der Waals surface area (Å²) >= 11 is 3.55. The molecule has 2 aromatic heterocycles.